The molecule has 0 fully saturated rings. The standard InChI is InChI=1S/C21H28N4O2.2ClH/c1-14(2)20(22)21(27)24-13-19(26)25-18(17-6-4-5-11-23-17)12-16-9-7-15(3)8-10-16;;/h4-11,14,18,20H,12-13,22H2,1-3H3,(H,24,27)(H,25,26);2*1H/t18?,20-;;/m0../s1. The van der Waals surface area contributed by atoms with Gasteiger partial charge in [0.2, 0.25) is 11.8 Å². The number of pyridine rings is 1. The number of rotatable bonds is 8. The Morgan fingerprint density at radius 1 is 1.07 bits per heavy atom. The van der Waals surface area contributed by atoms with Crippen molar-refractivity contribution in [2.75, 3.05) is 6.54 Å². The lowest BCUT2D eigenvalue weighted by Gasteiger charge is -2.20. The van der Waals surface area contributed by atoms with Crippen LogP contribution in [-0.2, 0) is 16.0 Å². The first-order chi connectivity index (χ1) is 12.9. The summed E-state index contributed by atoms with van der Waals surface area (Å²) in [7, 11) is 0. The minimum atomic E-state index is -0.628. The van der Waals surface area contributed by atoms with Crippen LogP contribution in [0.25, 0.3) is 0 Å². The molecule has 2 aromatic rings. The molecule has 4 N–H and O–H groups in total. The van der Waals surface area contributed by atoms with E-state index in [9.17, 15) is 9.59 Å². The molecule has 2 rings (SSSR count). The average Bonchev–Trinajstić information content (AvgIpc) is 2.67. The minimum Gasteiger partial charge on any atom is -0.346 e. The first kappa shape index (κ1) is 26.9. The van der Waals surface area contributed by atoms with Crippen molar-refractivity contribution in [2.45, 2.75) is 39.3 Å². The van der Waals surface area contributed by atoms with Gasteiger partial charge in [0.25, 0.3) is 0 Å². The molecule has 8 heteroatoms. The van der Waals surface area contributed by atoms with E-state index in [0.717, 1.165) is 11.3 Å². The van der Waals surface area contributed by atoms with Gasteiger partial charge in [0.15, 0.2) is 0 Å². The number of nitrogens with two attached hydrogens (primary N) is 1. The van der Waals surface area contributed by atoms with E-state index in [0.29, 0.717) is 6.42 Å². The maximum atomic E-state index is 12.4. The Bertz CT molecular complexity index is 755. The number of carbonyl (C=O) groups is 2. The van der Waals surface area contributed by atoms with Gasteiger partial charge in [-0.1, -0.05) is 49.7 Å². The van der Waals surface area contributed by atoms with Gasteiger partial charge in [0, 0.05) is 6.20 Å². The lowest BCUT2D eigenvalue weighted by molar-refractivity contribution is -0.127. The third-order valence-electron chi connectivity index (χ3n) is 4.38. The summed E-state index contributed by atoms with van der Waals surface area (Å²) in [5.41, 5.74) is 8.86. The fourth-order valence-electron chi connectivity index (χ4n) is 2.60. The van der Waals surface area contributed by atoms with Crippen LogP contribution < -0.4 is 16.4 Å². The number of nitrogens with zero attached hydrogens (tertiary/aromatic N) is 1. The van der Waals surface area contributed by atoms with Crippen LogP contribution in [0.3, 0.4) is 0 Å². The highest BCUT2D eigenvalue weighted by Crippen LogP contribution is 2.17. The maximum Gasteiger partial charge on any atom is 0.239 e. The molecule has 1 unspecified atom stereocenters. The maximum absolute atomic E-state index is 12.4. The number of amides is 2. The summed E-state index contributed by atoms with van der Waals surface area (Å²) in [6.45, 7) is 5.65. The van der Waals surface area contributed by atoms with Crippen LogP contribution in [0.4, 0.5) is 0 Å². The molecular weight excluding hydrogens is 411 g/mol. The number of carbonyl (C=O) groups excluding carboxylic acids is 2. The fourth-order valence-corrected chi connectivity index (χ4v) is 2.60. The second-order valence-corrected chi connectivity index (χ2v) is 7.05. The molecule has 0 saturated carbocycles. The van der Waals surface area contributed by atoms with Crippen LogP contribution in [0.15, 0.2) is 48.7 Å². The van der Waals surface area contributed by atoms with Crippen LogP contribution >= 0.6 is 24.8 Å². The predicted molar refractivity (Wildman–Crippen MR) is 120 cm³/mol. The van der Waals surface area contributed by atoms with Crippen LogP contribution in [0.2, 0.25) is 0 Å². The average molecular weight is 441 g/mol. The highest BCUT2D eigenvalue weighted by atomic mass is 35.5. The van der Waals surface area contributed by atoms with Crippen molar-refractivity contribution in [1.29, 1.82) is 0 Å². The molecule has 0 bridgehead atoms. The quantitative estimate of drug-likeness (QED) is 0.587. The Labute approximate surface area is 184 Å². The molecule has 1 aromatic carbocycles. The number of aryl methyl sites for hydroxylation is 1. The molecule has 6 nitrogen and oxygen atoms in total. The summed E-state index contributed by atoms with van der Waals surface area (Å²) in [5, 5.41) is 5.56. The summed E-state index contributed by atoms with van der Waals surface area (Å²) in [6.07, 6.45) is 2.32. The molecule has 2 atom stereocenters. The summed E-state index contributed by atoms with van der Waals surface area (Å²) < 4.78 is 0. The molecule has 0 saturated heterocycles. The number of hydrogen-bond donors (Lipinski definition) is 3. The van der Waals surface area contributed by atoms with Gasteiger partial charge in [-0.25, -0.2) is 0 Å². The minimum absolute atomic E-state index is 0. The van der Waals surface area contributed by atoms with Gasteiger partial charge in [-0.05, 0) is 37.0 Å². The van der Waals surface area contributed by atoms with Crippen molar-refractivity contribution in [3.63, 3.8) is 0 Å². The molecular formula is C21H30Cl2N4O2. The second kappa shape index (κ2) is 13.1. The number of aromatic nitrogens is 1. The largest absolute Gasteiger partial charge is 0.346 e. The zero-order valence-electron chi connectivity index (χ0n) is 16.9. The molecule has 2 amide bonds. The van der Waals surface area contributed by atoms with Gasteiger partial charge in [0.1, 0.15) is 0 Å². The molecule has 0 aliphatic heterocycles. The molecule has 0 aliphatic carbocycles. The predicted octanol–water partition coefficient (Wildman–Crippen LogP) is 2.73. The third kappa shape index (κ3) is 8.81. The first-order valence-corrected chi connectivity index (χ1v) is 9.16. The van der Waals surface area contributed by atoms with Gasteiger partial charge >= 0.3 is 0 Å². The Morgan fingerprint density at radius 3 is 2.28 bits per heavy atom. The van der Waals surface area contributed by atoms with Gasteiger partial charge in [-0.15, -0.1) is 24.8 Å². The zero-order valence-corrected chi connectivity index (χ0v) is 18.6. The summed E-state index contributed by atoms with van der Waals surface area (Å²) in [5.74, 6) is -0.592. The topological polar surface area (TPSA) is 97.1 Å². The second-order valence-electron chi connectivity index (χ2n) is 7.05. The van der Waals surface area contributed by atoms with Crippen molar-refractivity contribution in [3.05, 3.63) is 65.5 Å². The van der Waals surface area contributed by atoms with Crippen molar-refractivity contribution in [3.8, 4) is 0 Å². The van der Waals surface area contributed by atoms with Gasteiger partial charge in [-0.2, -0.15) is 0 Å². The van der Waals surface area contributed by atoms with Crippen LogP contribution in [-0.4, -0.2) is 29.4 Å². The third-order valence-corrected chi connectivity index (χ3v) is 4.38. The number of nitrogens with one attached hydrogen (secondary N) is 2. The molecule has 1 aromatic heterocycles. The van der Waals surface area contributed by atoms with Crippen molar-refractivity contribution in [2.24, 2.45) is 11.7 Å². The Balaban J connectivity index is 0.00000392. The monoisotopic (exact) mass is 440 g/mol. The Hall–Kier alpha value is -2.15. The SMILES string of the molecule is Cc1ccc(CC(NC(=O)CNC(=O)[C@@H](N)C(C)C)c2ccccn2)cc1.Cl.Cl. The van der Waals surface area contributed by atoms with Crippen LogP contribution in [0, 0.1) is 12.8 Å². The van der Waals surface area contributed by atoms with Gasteiger partial charge in [0.05, 0.1) is 24.3 Å². The van der Waals surface area contributed by atoms with E-state index < -0.39 is 6.04 Å². The van der Waals surface area contributed by atoms with E-state index in [2.05, 4.69) is 15.6 Å². The van der Waals surface area contributed by atoms with E-state index >= 15 is 0 Å². The highest BCUT2D eigenvalue weighted by Gasteiger charge is 2.20. The molecule has 0 radical (unpaired) electrons. The Morgan fingerprint density at radius 2 is 1.72 bits per heavy atom. The molecule has 29 heavy (non-hydrogen) atoms. The smallest absolute Gasteiger partial charge is 0.239 e. The van der Waals surface area contributed by atoms with E-state index in [1.54, 1.807) is 6.20 Å². The van der Waals surface area contributed by atoms with Gasteiger partial charge in [-0.3, -0.25) is 14.6 Å². The van der Waals surface area contributed by atoms with Crippen molar-refractivity contribution in [1.82, 2.24) is 15.6 Å². The van der Waals surface area contributed by atoms with E-state index in [1.807, 2.05) is 63.2 Å². The number of hydrogen-bond acceptors (Lipinski definition) is 4. The zero-order chi connectivity index (χ0) is 19.8. The first-order valence-electron chi connectivity index (χ1n) is 9.16. The van der Waals surface area contributed by atoms with Crippen molar-refractivity contribution < 1.29 is 9.59 Å². The van der Waals surface area contributed by atoms with Crippen LogP contribution in [0.5, 0.6) is 0 Å². The van der Waals surface area contributed by atoms with Gasteiger partial charge < -0.3 is 16.4 Å². The lowest BCUT2D eigenvalue weighted by atomic mass is 10.0. The lowest BCUT2D eigenvalue weighted by Crippen LogP contribution is -2.47. The van der Waals surface area contributed by atoms with E-state index in [4.69, 9.17) is 5.73 Å². The molecule has 0 spiro atoms. The van der Waals surface area contributed by atoms with Crippen molar-refractivity contribution >= 4 is 36.6 Å². The highest BCUT2D eigenvalue weighted by molar-refractivity contribution is 5.87. The van der Waals surface area contributed by atoms with E-state index in [1.165, 1.54) is 5.56 Å². The summed E-state index contributed by atoms with van der Waals surface area (Å²) in [4.78, 5) is 28.7. The number of halogens is 2. The summed E-state index contributed by atoms with van der Waals surface area (Å²) >= 11 is 0. The molecule has 1 heterocycles. The number of benzene rings is 1. The molecule has 160 valence electrons. The molecule has 0 aliphatic rings. The Kier molecular flexibility index (Phi) is 12.2. The van der Waals surface area contributed by atoms with E-state index in [-0.39, 0.29) is 55.1 Å². The summed E-state index contributed by atoms with van der Waals surface area (Å²) in [6, 6.07) is 12.9. The fraction of sp³-hybridized carbons (Fsp3) is 0.381. The normalized spacial score (nSPS) is 12.2. The van der Waals surface area contributed by atoms with Crippen LogP contribution in [0.1, 0.15) is 36.7 Å².